The number of nitrogens with two attached hydrogens (primary N) is 1. The molecule has 0 atom stereocenters. The monoisotopic (exact) mass is 207 g/mol. The molecule has 84 valence electrons. The molecule has 1 heterocycles. The Morgan fingerprint density at radius 2 is 2.20 bits per heavy atom. The van der Waals surface area contributed by atoms with Gasteiger partial charge >= 0.3 is 0 Å². The summed E-state index contributed by atoms with van der Waals surface area (Å²) in [6.45, 7) is 6.10. The van der Waals surface area contributed by atoms with Gasteiger partial charge in [-0.15, -0.1) is 0 Å². The van der Waals surface area contributed by atoms with Crippen LogP contribution in [0.3, 0.4) is 0 Å². The molecule has 1 aromatic heterocycles. The van der Waals surface area contributed by atoms with Gasteiger partial charge in [0.1, 0.15) is 0 Å². The van der Waals surface area contributed by atoms with Crippen LogP contribution in [0.5, 0.6) is 0 Å². The van der Waals surface area contributed by atoms with Gasteiger partial charge in [0.2, 0.25) is 0 Å². The minimum absolute atomic E-state index is 0.766. The summed E-state index contributed by atoms with van der Waals surface area (Å²) in [5.41, 5.74) is 6.67. The normalized spacial score (nSPS) is 10.9. The molecule has 0 spiro atoms. The molecule has 0 bridgehead atoms. The molecule has 0 aliphatic carbocycles. The molecule has 0 radical (unpaired) electrons. The van der Waals surface area contributed by atoms with Gasteiger partial charge < -0.3 is 5.73 Å². The van der Waals surface area contributed by atoms with Crippen LogP contribution < -0.4 is 5.73 Å². The van der Waals surface area contributed by atoms with Gasteiger partial charge in [-0.3, -0.25) is 9.88 Å². The number of hydrogen-bond acceptors (Lipinski definition) is 3. The lowest BCUT2D eigenvalue weighted by atomic mass is 10.3. The fourth-order valence-electron chi connectivity index (χ4n) is 1.62. The zero-order chi connectivity index (χ0) is 10.9. The van der Waals surface area contributed by atoms with Crippen LogP contribution in [0.25, 0.3) is 0 Å². The van der Waals surface area contributed by atoms with E-state index in [1.54, 1.807) is 0 Å². The number of rotatable bonds is 7. The fourth-order valence-corrected chi connectivity index (χ4v) is 1.62. The maximum Gasteiger partial charge on any atom is 0.0543 e. The predicted octanol–water partition coefficient (Wildman–Crippen LogP) is 1.64. The second-order valence-electron chi connectivity index (χ2n) is 3.74. The Morgan fingerprint density at radius 3 is 2.80 bits per heavy atom. The maximum atomic E-state index is 5.52. The van der Waals surface area contributed by atoms with E-state index in [-0.39, 0.29) is 0 Å². The third-order valence-corrected chi connectivity index (χ3v) is 2.33. The van der Waals surface area contributed by atoms with Gasteiger partial charge in [-0.2, -0.15) is 0 Å². The highest BCUT2D eigenvalue weighted by molar-refractivity contribution is 5.03. The van der Waals surface area contributed by atoms with Crippen molar-refractivity contribution in [3.63, 3.8) is 0 Å². The Morgan fingerprint density at radius 1 is 1.33 bits per heavy atom. The lowest BCUT2D eigenvalue weighted by Crippen LogP contribution is -2.27. The highest BCUT2D eigenvalue weighted by Gasteiger charge is 2.04. The van der Waals surface area contributed by atoms with Gasteiger partial charge in [-0.1, -0.05) is 13.0 Å². The second-order valence-corrected chi connectivity index (χ2v) is 3.74. The van der Waals surface area contributed by atoms with Crippen LogP contribution in [0, 0.1) is 0 Å². The van der Waals surface area contributed by atoms with E-state index < -0.39 is 0 Å². The number of pyridine rings is 1. The van der Waals surface area contributed by atoms with E-state index in [9.17, 15) is 0 Å². The highest BCUT2D eigenvalue weighted by Crippen LogP contribution is 2.02. The van der Waals surface area contributed by atoms with Crippen molar-refractivity contribution >= 4 is 0 Å². The van der Waals surface area contributed by atoms with E-state index in [1.807, 2.05) is 18.3 Å². The quantitative estimate of drug-likeness (QED) is 0.739. The van der Waals surface area contributed by atoms with Crippen LogP contribution >= 0.6 is 0 Å². The fraction of sp³-hybridized carbons (Fsp3) is 0.583. The molecule has 0 amide bonds. The average molecular weight is 207 g/mol. The average Bonchev–Trinajstić information content (AvgIpc) is 2.28. The predicted molar refractivity (Wildman–Crippen MR) is 63.5 cm³/mol. The van der Waals surface area contributed by atoms with Crippen LogP contribution in [-0.4, -0.2) is 29.5 Å². The molecule has 0 aromatic carbocycles. The lowest BCUT2D eigenvalue weighted by molar-refractivity contribution is 0.261. The SMILES string of the molecule is CCCN(CCCN)Cc1ccccn1. The van der Waals surface area contributed by atoms with Crippen molar-refractivity contribution < 1.29 is 0 Å². The molecule has 0 saturated heterocycles. The van der Waals surface area contributed by atoms with Crippen LogP contribution in [0.1, 0.15) is 25.5 Å². The van der Waals surface area contributed by atoms with E-state index >= 15 is 0 Å². The zero-order valence-electron chi connectivity index (χ0n) is 9.52. The minimum atomic E-state index is 0.766. The Labute approximate surface area is 92.3 Å². The summed E-state index contributed by atoms with van der Waals surface area (Å²) in [6.07, 6.45) is 4.09. The molecule has 1 rings (SSSR count). The maximum absolute atomic E-state index is 5.52. The van der Waals surface area contributed by atoms with Crippen molar-refractivity contribution in [3.05, 3.63) is 30.1 Å². The van der Waals surface area contributed by atoms with Crippen molar-refractivity contribution in [1.29, 1.82) is 0 Å². The summed E-state index contributed by atoms with van der Waals surface area (Å²) < 4.78 is 0. The van der Waals surface area contributed by atoms with Gasteiger partial charge in [0.25, 0.3) is 0 Å². The molecule has 2 N–H and O–H groups in total. The molecule has 0 fully saturated rings. The summed E-state index contributed by atoms with van der Waals surface area (Å²) in [6, 6.07) is 6.06. The molecule has 15 heavy (non-hydrogen) atoms. The van der Waals surface area contributed by atoms with E-state index in [1.165, 1.54) is 6.42 Å². The molecule has 0 unspecified atom stereocenters. The van der Waals surface area contributed by atoms with E-state index in [0.717, 1.165) is 38.3 Å². The standard InChI is InChI=1S/C12H21N3/c1-2-9-15(10-5-7-13)11-12-6-3-4-8-14-12/h3-4,6,8H,2,5,7,9-11,13H2,1H3. The van der Waals surface area contributed by atoms with Gasteiger partial charge in [0.15, 0.2) is 0 Å². The van der Waals surface area contributed by atoms with Crippen molar-refractivity contribution in [2.24, 2.45) is 5.73 Å². The molecule has 3 nitrogen and oxygen atoms in total. The van der Waals surface area contributed by atoms with E-state index in [4.69, 9.17) is 5.73 Å². The molecular formula is C12H21N3. The van der Waals surface area contributed by atoms with Gasteiger partial charge in [-0.25, -0.2) is 0 Å². The van der Waals surface area contributed by atoms with Gasteiger partial charge in [-0.05, 0) is 44.6 Å². The van der Waals surface area contributed by atoms with Crippen LogP contribution in [0.15, 0.2) is 24.4 Å². The molecule has 0 aliphatic heterocycles. The van der Waals surface area contributed by atoms with E-state index in [0.29, 0.717) is 0 Å². The number of aromatic nitrogens is 1. The van der Waals surface area contributed by atoms with Gasteiger partial charge in [0.05, 0.1) is 5.69 Å². The first-order valence-corrected chi connectivity index (χ1v) is 5.69. The Bertz CT molecular complexity index is 248. The van der Waals surface area contributed by atoms with E-state index in [2.05, 4.69) is 22.9 Å². The summed E-state index contributed by atoms with van der Waals surface area (Å²) in [7, 11) is 0. The minimum Gasteiger partial charge on any atom is -0.330 e. The highest BCUT2D eigenvalue weighted by atomic mass is 15.1. The smallest absolute Gasteiger partial charge is 0.0543 e. The lowest BCUT2D eigenvalue weighted by Gasteiger charge is -2.20. The molecule has 0 saturated carbocycles. The van der Waals surface area contributed by atoms with Crippen molar-refractivity contribution in [2.75, 3.05) is 19.6 Å². The summed E-state index contributed by atoms with van der Waals surface area (Å²) in [5.74, 6) is 0. The summed E-state index contributed by atoms with van der Waals surface area (Å²) in [4.78, 5) is 6.75. The third-order valence-electron chi connectivity index (χ3n) is 2.33. The van der Waals surface area contributed by atoms with Crippen LogP contribution in [0.2, 0.25) is 0 Å². The topological polar surface area (TPSA) is 42.1 Å². The molecule has 3 heteroatoms. The first-order valence-electron chi connectivity index (χ1n) is 5.69. The third kappa shape index (κ3) is 4.91. The molecule has 1 aromatic rings. The van der Waals surface area contributed by atoms with Crippen molar-refractivity contribution in [3.8, 4) is 0 Å². The van der Waals surface area contributed by atoms with Crippen LogP contribution in [-0.2, 0) is 6.54 Å². The molecule has 0 aliphatic rings. The summed E-state index contributed by atoms with van der Waals surface area (Å²) >= 11 is 0. The zero-order valence-corrected chi connectivity index (χ0v) is 9.52. The Balaban J connectivity index is 2.43. The first-order chi connectivity index (χ1) is 7.36. The first kappa shape index (κ1) is 12.1. The Hall–Kier alpha value is -0.930. The number of hydrogen-bond donors (Lipinski definition) is 1. The van der Waals surface area contributed by atoms with Crippen molar-refractivity contribution in [2.45, 2.75) is 26.3 Å². The molecular weight excluding hydrogens is 186 g/mol. The second kappa shape index (κ2) is 7.37. The largest absolute Gasteiger partial charge is 0.330 e. The van der Waals surface area contributed by atoms with Crippen molar-refractivity contribution in [1.82, 2.24) is 9.88 Å². The summed E-state index contributed by atoms with van der Waals surface area (Å²) in [5, 5.41) is 0. The van der Waals surface area contributed by atoms with Crippen LogP contribution in [0.4, 0.5) is 0 Å². The Kier molecular flexibility index (Phi) is 5.97. The van der Waals surface area contributed by atoms with Gasteiger partial charge in [0, 0.05) is 12.7 Å². The number of nitrogens with zero attached hydrogens (tertiary/aromatic N) is 2.